The second-order valence-electron chi connectivity index (χ2n) is 4.79. The van der Waals surface area contributed by atoms with Crippen LogP contribution < -0.4 is 4.74 Å². The van der Waals surface area contributed by atoms with Crippen molar-refractivity contribution in [2.45, 2.75) is 20.3 Å². The molecule has 0 spiro atoms. The van der Waals surface area contributed by atoms with Crippen LogP contribution in [-0.2, 0) is 10.0 Å². The largest absolute Gasteiger partial charge is 0.492 e. The Morgan fingerprint density at radius 3 is 2.47 bits per heavy atom. The van der Waals surface area contributed by atoms with Gasteiger partial charge in [0.15, 0.2) is 0 Å². The predicted octanol–water partition coefficient (Wildman–Crippen LogP) is 2.48. The molecule has 106 valence electrons. The van der Waals surface area contributed by atoms with E-state index in [0.29, 0.717) is 19.7 Å². The summed E-state index contributed by atoms with van der Waals surface area (Å²) in [6.07, 6.45) is 0.721. The lowest BCUT2D eigenvalue weighted by molar-refractivity contribution is 0.279. The zero-order chi connectivity index (χ0) is 14.0. The van der Waals surface area contributed by atoms with Gasteiger partial charge in [0.2, 0.25) is 10.0 Å². The van der Waals surface area contributed by atoms with Crippen LogP contribution in [0.1, 0.15) is 17.5 Å². The highest BCUT2D eigenvalue weighted by Gasteiger charge is 2.27. The Bertz CT molecular complexity index is 548. The van der Waals surface area contributed by atoms with Crippen LogP contribution in [0.4, 0.5) is 0 Å². The lowest BCUT2D eigenvalue weighted by Crippen LogP contribution is -2.30. The van der Waals surface area contributed by atoms with E-state index in [9.17, 15) is 8.42 Å². The molecule has 1 aliphatic rings. The molecule has 1 aromatic rings. The van der Waals surface area contributed by atoms with E-state index in [1.54, 1.807) is 0 Å². The van der Waals surface area contributed by atoms with Crippen molar-refractivity contribution in [2.24, 2.45) is 0 Å². The molecule has 0 amide bonds. The fourth-order valence-electron chi connectivity index (χ4n) is 2.20. The van der Waals surface area contributed by atoms with E-state index in [4.69, 9.17) is 4.74 Å². The monoisotopic (exact) mass is 347 g/mol. The molecule has 0 N–H and O–H groups in total. The smallest absolute Gasteiger partial charge is 0.214 e. The minimum atomic E-state index is -3.02. The van der Waals surface area contributed by atoms with Gasteiger partial charge in [0.05, 0.1) is 5.75 Å². The third-order valence-corrected chi connectivity index (χ3v) is 6.43. The van der Waals surface area contributed by atoms with E-state index >= 15 is 0 Å². The van der Waals surface area contributed by atoms with Gasteiger partial charge in [0, 0.05) is 17.6 Å². The topological polar surface area (TPSA) is 46.6 Å². The van der Waals surface area contributed by atoms with Crippen molar-refractivity contribution in [3.8, 4) is 5.75 Å². The highest BCUT2D eigenvalue weighted by atomic mass is 79.9. The van der Waals surface area contributed by atoms with Crippen molar-refractivity contribution in [1.82, 2.24) is 4.31 Å². The number of rotatable bonds is 4. The Kier molecular flexibility index (Phi) is 4.53. The van der Waals surface area contributed by atoms with Gasteiger partial charge in [-0.2, -0.15) is 4.31 Å². The van der Waals surface area contributed by atoms with Gasteiger partial charge < -0.3 is 4.74 Å². The summed E-state index contributed by atoms with van der Waals surface area (Å²) in [7, 11) is -3.02. The number of halogens is 1. The molecular weight excluding hydrogens is 330 g/mol. The first kappa shape index (κ1) is 14.8. The average molecular weight is 348 g/mol. The van der Waals surface area contributed by atoms with E-state index in [1.807, 2.05) is 26.0 Å². The van der Waals surface area contributed by atoms with Gasteiger partial charge >= 0.3 is 0 Å². The van der Waals surface area contributed by atoms with Crippen molar-refractivity contribution in [3.05, 3.63) is 27.7 Å². The Morgan fingerprint density at radius 1 is 1.32 bits per heavy atom. The van der Waals surface area contributed by atoms with E-state index in [2.05, 4.69) is 15.9 Å². The first-order valence-corrected chi connectivity index (χ1v) is 8.68. The standard InChI is InChI=1S/C13H18BrNO3S/c1-10-8-12(9-11(2)13(10)14)18-6-5-15-4-3-7-19(15,16)17/h8-9H,3-7H2,1-2H3. The molecule has 4 nitrogen and oxygen atoms in total. The van der Waals surface area contributed by atoms with E-state index in [1.165, 1.54) is 4.31 Å². The van der Waals surface area contributed by atoms with Crippen LogP contribution in [-0.4, -0.2) is 38.2 Å². The highest BCUT2D eigenvalue weighted by Crippen LogP contribution is 2.26. The van der Waals surface area contributed by atoms with Crippen LogP contribution in [0.3, 0.4) is 0 Å². The van der Waals surface area contributed by atoms with Gasteiger partial charge in [-0.1, -0.05) is 15.9 Å². The molecule has 0 aliphatic carbocycles. The maximum atomic E-state index is 11.6. The number of benzene rings is 1. The first-order chi connectivity index (χ1) is 8.90. The molecule has 0 bridgehead atoms. The summed E-state index contributed by atoms with van der Waals surface area (Å²) in [6.45, 7) is 5.45. The maximum absolute atomic E-state index is 11.6. The van der Waals surface area contributed by atoms with E-state index in [-0.39, 0.29) is 5.75 Å². The van der Waals surface area contributed by atoms with Gasteiger partial charge in [-0.25, -0.2) is 8.42 Å². The molecule has 1 aromatic carbocycles. The summed E-state index contributed by atoms with van der Waals surface area (Å²) < 4.78 is 31.5. The minimum Gasteiger partial charge on any atom is -0.492 e. The molecule has 19 heavy (non-hydrogen) atoms. The Labute approximate surface area is 122 Å². The molecular formula is C13H18BrNO3S. The summed E-state index contributed by atoms with van der Waals surface area (Å²) in [5, 5.41) is 0. The van der Waals surface area contributed by atoms with Gasteiger partial charge in [0.25, 0.3) is 0 Å². The number of sulfonamides is 1. The van der Waals surface area contributed by atoms with E-state index in [0.717, 1.165) is 27.8 Å². The quantitative estimate of drug-likeness (QED) is 0.840. The van der Waals surface area contributed by atoms with Crippen molar-refractivity contribution >= 4 is 26.0 Å². The summed E-state index contributed by atoms with van der Waals surface area (Å²) in [5.41, 5.74) is 2.23. The number of hydrogen-bond donors (Lipinski definition) is 0. The van der Waals surface area contributed by atoms with Crippen LogP contribution in [0.5, 0.6) is 5.75 Å². The predicted molar refractivity (Wildman–Crippen MR) is 79.1 cm³/mol. The SMILES string of the molecule is Cc1cc(OCCN2CCCS2(=O)=O)cc(C)c1Br. The van der Waals surface area contributed by atoms with Crippen molar-refractivity contribution < 1.29 is 13.2 Å². The molecule has 1 fully saturated rings. The first-order valence-electron chi connectivity index (χ1n) is 6.27. The van der Waals surface area contributed by atoms with Crippen LogP contribution in [0, 0.1) is 13.8 Å². The lowest BCUT2D eigenvalue weighted by Gasteiger charge is -2.15. The Hall–Kier alpha value is -0.590. The van der Waals surface area contributed by atoms with Crippen LogP contribution >= 0.6 is 15.9 Å². The third-order valence-electron chi connectivity index (χ3n) is 3.22. The number of nitrogens with zero attached hydrogens (tertiary/aromatic N) is 1. The minimum absolute atomic E-state index is 0.267. The fraction of sp³-hybridized carbons (Fsp3) is 0.538. The maximum Gasteiger partial charge on any atom is 0.214 e. The van der Waals surface area contributed by atoms with Crippen LogP contribution in [0.15, 0.2) is 16.6 Å². The van der Waals surface area contributed by atoms with Gasteiger partial charge in [-0.05, 0) is 43.5 Å². The molecule has 0 radical (unpaired) electrons. The van der Waals surface area contributed by atoms with Crippen LogP contribution in [0.25, 0.3) is 0 Å². The van der Waals surface area contributed by atoms with Gasteiger partial charge in [0.1, 0.15) is 12.4 Å². The number of aryl methyl sites for hydroxylation is 2. The lowest BCUT2D eigenvalue weighted by atomic mass is 10.1. The molecule has 1 saturated heterocycles. The molecule has 1 aliphatic heterocycles. The summed E-state index contributed by atoms with van der Waals surface area (Å²) in [4.78, 5) is 0. The molecule has 0 aromatic heterocycles. The molecule has 0 saturated carbocycles. The average Bonchev–Trinajstić information content (AvgIpc) is 2.66. The molecule has 1 heterocycles. The third kappa shape index (κ3) is 3.49. The van der Waals surface area contributed by atoms with Gasteiger partial charge in [-0.3, -0.25) is 0 Å². The van der Waals surface area contributed by atoms with E-state index < -0.39 is 10.0 Å². The van der Waals surface area contributed by atoms with Crippen LogP contribution in [0.2, 0.25) is 0 Å². The molecule has 6 heteroatoms. The zero-order valence-corrected chi connectivity index (χ0v) is 13.6. The Balaban J connectivity index is 1.93. The summed E-state index contributed by atoms with van der Waals surface area (Å²) in [6, 6.07) is 3.91. The van der Waals surface area contributed by atoms with Crippen molar-refractivity contribution in [1.29, 1.82) is 0 Å². The van der Waals surface area contributed by atoms with Gasteiger partial charge in [-0.15, -0.1) is 0 Å². The second kappa shape index (κ2) is 5.81. The summed E-state index contributed by atoms with van der Waals surface area (Å²) >= 11 is 3.51. The molecule has 0 atom stereocenters. The summed E-state index contributed by atoms with van der Waals surface area (Å²) in [5.74, 6) is 1.05. The van der Waals surface area contributed by atoms with Crippen molar-refractivity contribution in [2.75, 3.05) is 25.4 Å². The highest BCUT2D eigenvalue weighted by molar-refractivity contribution is 9.10. The fourth-order valence-corrected chi connectivity index (χ4v) is 3.94. The zero-order valence-electron chi connectivity index (χ0n) is 11.1. The molecule has 2 rings (SSSR count). The Morgan fingerprint density at radius 2 is 1.95 bits per heavy atom. The normalized spacial score (nSPS) is 18.7. The van der Waals surface area contributed by atoms with Crippen molar-refractivity contribution in [3.63, 3.8) is 0 Å². The number of ether oxygens (including phenoxy) is 1. The number of hydrogen-bond acceptors (Lipinski definition) is 3. The molecule has 0 unspecified atom stereocenters. The second-order valence-corrected chi connectivity index (χ2v) is 7.67.